The lowest BCUT2D eigenvalue weighted by Crippen LogP contribution is -1.92. The molecule has 18 heavy (non-hydrogen) atoms. The molecular weight excluding hydrogens is 224 g/mol. The van der Waals surface area contributed by atoms with Crippen LogP contribution in [0, 0.1) is 0 Å². The summed E-state index contributed by atoms with van der Waals surface area (Å²) in [5.74, 6) is 1.58. The monoisotopic (exact) mass is 236 g/mol. The number of hydrogen-bond acceptors (Lipinski definition) is 3. The van der Waals surface area contributed by atoms with Gasteiger partial charge < -0.3 is 4.98 Å². The predicted octanol–water partition coefficient (Wildman–Crippen LogP) is 2.90. The van der Waals surface area contributed by atoms with E-state index in [9.17, 15) is 0 Å². The second-order valence-electron chi connectivity index (χ2n) is 4.74. The maximum atomic E-state index is 4.44. The number of H-pyrrole nitrogens is 1. The number of aromatic amines is 1. The van der Waals surface area contributed by atoms with E-state index in [1.807, 2.05) is 30.9 Å². The molecule has 4 rings (SSSR count). The number of hydrogen-bond donors (Lipinski definition) is 1. The Balaban J connectivity index is 1.75. The van der Waals surface area contributed by atoms with Crippen molar-refractivity contribution in [3.63, 3.8) is 0 Å². The van der Waals surface area contributed by atoms with Crippen molar-refractivity contribution in [3.05, 3.63) is 42.7 Å². The van der Waals surface area contributed by atoms with E-state index < -0.39 is 0 Å². The quantitative estimate of drug-likeness (QED) is 0.744. The van der Waals surface area contributed by atoms with E-state index in [0.717, 1.165) is 28.0 Å². The lowest BCUT2D eigenvalue weighted by Gasteiger charge is -2.02. The zero-order valence-electron chi connectivity index (χ0n) is 9.80. The summed E-state index contributed by atoms with van der Waals surface area (Å²) >= 11 is 0. The molecule has 3 aromatic rings. The minimum atomic E-state index is 0.601. The Morgan fingerprint density at radius 2 is 1.78 bits per heavy atom. The fourth-order valence-corrected chi connectivity index (χ4v) is 2.14. The number of nitrogens with one attached hydrogen (secondary N) is 1. The number of nitrogens with zero attached hydrogens (tertiary/aromatic N) is 3. The van der Waals surface area contributed by atoms with Crippen LogP contribution in [0.2, 0.25) is 0 Å². The summed E-state index contributed by atoms with van der Waals surface area (Å²) in [6.07, 6.45) is 10.0. The van der Waals surface area contributed by atoms with Crippen molar-refractivity contribution in [3.8, 4) is 11.1 Å². The standard InChI is InChI=1S/C14H12N4/c1-2-9(1)13-17-7-12(8-18-13)11-5-10-3-4-15-14(10)16-6-11/h3-9H,1-2H2,(H,15,16). The fraction of sp³-hybridized carbons (Fsp3) is 0.214. The Bertz CT molecular complexity index is 695. The molecule has 0 radical (unpaired) electrons. The molecule has 1 saturated carbocycles. The van der Waals surface area contributed by atoms with Gasteiger partial charge in [-0.25, -0.2) is 15.0 Å². The van der Waals surface area contributed by atoms with Gasteiger partial charge >= 0.3 is 0 Å². The molecule has 1 N–H and O–H groups in total. The largest absolute Gasteiger partial charge is 0.346 e. The topological polar surface area (TPSA) is 54.5 Å². The first-order chi connectivity index (χ1) is 8.90. The van der Waals surface area contributed by atoms with E-state index in [-0.39, 0.29) is 0 Å². The summed E-state index contributed by atoms with van der Waals surface area (Å²) in [7, 11) is 0. The first kappa shape index (κ1) is 9.76. The van der Waals surface area contributed by atoms with Crippen molar-refractivity contribution in [2.45, 2.75) is 18.8 Å². The average Bonchev–Trinajstić information content (AvgIpc) is 3.17. The van der Waals surface area contributed by atoms with Gasteiger partial charge in [0, 0.05) is 47.2 Å². The molecule has 4 heteroatoms. The zero-order valence-corrected chi connectivity index (χ0v) is 9.80. The van der Waals surface area contributed by atoms with Crippen LogP contribution in [0.5, 0.6) is 0 Å². The van der Waals surface area contributed by atoms with Gasteiger partial charge in [-0.1, -0.05) is 0 Å². The highest BCUT2D eigenvalue weighted by molar-refractivity contribution is 5.80. The summed E-state index contributed by atoms with van der Waals surface area (Å²) < 4.78 is 0. The highest BCUT2D eigenvalue weighted by Gasteiger charge is 2.26. The first-order valence-electron chi connectivity index (χ1n) is 6.15. The molecule has 3 aromatic heterocycles. The Morgan fingerprint density at radius 3 is 2.56 bits per heavy atom. The summed E-state index contributed by atoms with van der Waals surface area (Å²) in [6.45, 7) is 0. The summed E-state index contributed by atoms with van der Waals surface area (Å²) in [5.41, 5.74) is 2.99. The Hall–Kier alpha value is -2.23. The number of pyridine rings is 1. The van der Waals surface area contributed by atoms with Gasteiger partial charge in [0.15, 0.2) is 0 Å². The molecule has 88 valence electrons. The Labute approximate surface area is 104 Å². The molecular formula is C14H12N4. The minimum Gasteiger partial charge on any atom is -0.346 e. The molecule has 0 aromatic carbocycles. The third-order valence-electron chi connectivity index (χ3n) is 3.35. The molecule has 1 fully saturated rings. The highest BCUT2D eigenvalue weighted by atomic mass is 14.9. The molecule has 1 aliphatic carbocycles. The van der Waals surface area contributed by atoms with Gasteiger partial charge in [-0.15, -0.1) is 0 Å². The van der Waals surface area contributed by atoms with Gasteiger partial charge in [-0.05, 0) is 25.0 Å². The van der Waals surface area contributed by atoms with Gasteiger partial charge in [0.2, 0.25) is 0 Å². The van der Waals surface area contributed by atoms with E-state index in [1.54, 1.807) is 0 Å². The normalized spacial score (nSPS) is 15.1. The van der Waals surface area contributed by atoms with Gasteiger partial charge in [-0.3, -0.25) is 0 Å². The Kier molecular flexibility index (Phi) is 1.97. The van der Waals surface area contributed by atoms with Crippen LogP contribution >= 0.6 is 0 Å². The minimum absolute atomic E-state index is 0.601. The molecule has 1 aliphatic rings. The van der Waals surface area contributed by atoms with Crippen molar-refractivity contribution >= 4 is 11.0 Å². The van der Waals surface area contributed by atoms with Crippen molar-refractivity contribution < 1.29 is 0 Å². The maximum absolute atomic E-state index is 4.44. The zero-order chi connectivity index (χ0) is 11.9. The van der Waals surface area contributed by atoms with E-state index in [1.165, 1.54) is 12.8 Å². The number of aromatic nitrogens is 4. The van der Waals surface area contributed by atoms with Crippen LogP contribution in [0.25, 0.3) is 22.2 Å². The lowest BCUT2D eigenvalue weighted by molar-refractivity contribution is 0.928. The van der Waals surface area contributed by atoms with Crippen molar-refractivity contribution in [2.75, 3.05) is 0 Å². The van der Waals surface area contributed by atoms with Crippen LogP contribution in [0.3, 0.4) is 0 Å². The van der Waals surface area contributed by atoms with Crippen molar-refractivity contribution in [2.24, 2.45) is 0 Å². The number of fused-ring (bicyclic) bond motifs is 1. The molecule has 0 amide bonds. The molecule has 0 bridgehead atoms. The molecule has 0 unspecified atom stereocenters. The molecule has 0 spiro atoms. The van der Waals surface area contributed by atoms with Gasteiger partial charge in [0.25, 0.3) is 0 Å². The predicted molar refractivity (Wildman–Crippen MR) is 69.1 cm³/mol. The Morgan fingerprint density at radius 1 is 1.00 bits per heavy atom. The van der Waals surface area contributed by atoms with Crippen LogP contribution < -0.4 is 0 Å². The van der Waals surface area contributed by atoms with Crippen molar-refractivity contribution in [1.29, 1.82) is 0 Å². The van der Waals surface area contributed by atoms with Crippen LogP contribution in [0.15, 0.2) is 36.9 Å². The fourth-order valence-electron chi connectivity index (χ4n) is 2.14. The van der Waals surface area contributed by atoms with Crippen LogP contribution in [-0.2, 0) is 0 Å². The third-order valence-corrected chi connectivity index (χ3v) is 3.35. The van der Waals surface area contributed by atoms with E-state index in [2.05, 4.69) is 26.0 Å². The highest BCUT2D eigenvalue weighted by Crippen LogP contribution is 2.37. The van der Waals surface area contributed by atoms with Gasteiger partial charge in [0.1, 0.15) is 11.5 Å². The smallest absolute Gasteiger partial charge is 0.137 e. The SMILES string of the molecule is c1cc2cc(-c3cnc(C4CC4)nc3)cnc2[nH]1. The van der Waals surface area contributed by atoms with Crippen LogP contribution in [0.1, 0.15) is 24.6 Å². The number of rotatable bonds is 2. The molecule has 0 aliphatic heterocycles. The van der Waals surface area contributed by atoms with E-state index in [4.69, 9.17) is 0 Å². The third kappa shape index (κ3) is 1.57. The second kappa shape index (κ2) is 3.63. The van der Waals surface area contributed by atoms with Crippen molar-refractivity contribution in [1.82, 2.24) is 19.9 Å². The molecule has 0 atom stereocenters. The van der Waals surface area contributed by atoms with E-state index >= 15 is 0 Å². The van der Waals surface area contributed by atoms with Gasteiger partial charge in [-0.2, -0.15) is 0 Å². The molecule has 4 nitrogen and oxygen atoms in total. The van der Waals surface area contributed by atoms with Crippen LogP contribution in [-0.4, -0.2) is 19.9 Å². The van der Waals surface area contributed by atoms with Gasteiger partial charge in [0.05, 0.1) is 0 Å². The first-order valence-corrected chi connectivity index (χ1v) is 6.15. The summed E-state index contributed by atoms with van der Waals surface area (Å²) in [5, 5.41) is 1.11. The van der Waals surface area contributed by atoms with Crippen LogP contribution in [0.4, 0.5) is 0 Å². The summed E-state index contributed by atoms with van der Waals surface area (Å²) in [6, 6.07) is 4.12. The van der Waals surface area contributed by atoms with E-state index in [0.29, 0.717) is 5.92 Å². The molecule has 0 saturated heterocycles. The average molecular weight is 236 g/mol. The lowest BCUT2D eigenvalue weighted by atomic mass is 10.1. The molecule has 3 heterocycles. The second-order valence-corrected chi connectivity index (χ2v) is 4.74. The summed E-state index contributed by atoms with van der Waals surface area (Å²) in [4.78, 5) is 16.3. The maximum Gasteiger partial charge on any atom is 0.137 e.